The summed E-state index contributed by atoms with van der Waals surface area (Å²) in [5.41, 5.74) is 2.00. The van der Waals surface area contributed by atoms with E-state index in [4.69, 9.17) is 9.47 Å². The molecule has 1 N–H and O–H groups in total. The van der Waals surface area contributed by atoms with Gasteiger partial charge < -0.3 is 14.6 Å². The number of hydrogen-bond donors (Lipinski definition) is 1. The molecule has 156 valence electrons. The highest BCUT2D eigenvalue weighted by molar-refractivity contribution is 5.42. The second kappa shape index (κ2) is 8.90. The van der Waals surface area contributed by atoms with Crippen LogP contribution in [0, 0.1) is 5.92 Å². The van der Waals surface area contributed by atoms with Gasteiger partial charge in [0.15, 0.2) is 0 Å². The van der Waals surface area contributed by atoms with Gasteiger partial charge in [-0.05, 0) is 53.9 Å². The predicted octanol–water partition coefficient (Wildman–Crippen LogP) is 4.46. The second-order valence-corrected chi connectivity index (χ2v) is 7.93. The highest BCUT2D eigenvalue weighted by atomic mass is 16.5. The molecule has 0 saturated carbocycles. The third kappa shape index (κ3) is 4.07. The summed E-state index contributed by atoms with van der Waals surface area (Å²) >= 11 is 0. The second-order valence-electron chi connectivity index (χ2n) is 7.93. The summed E-state index contributed by atoms with van der Waals surface area (Å²) in [6.45, 7) is 2.70. The van der Waals surface area contributed by atoms with E-state index in [1.165, 1.54) is 5.56 Å². The molecule has 1 atom stereocenters. The molecule has 1 unspecified atom stereocenters. The molecule has 1 saturated heterocycles. The maximum atomic E-state index is 12.2. The Morgan fingerprint density at radius 2 is 1.37 bits per heavy atom. The fourth-order valence-corrected chi connectivity index (χ4v) is 4.49. The van der Waals surface area contributed by atoms with Crippen LogP contribution in [0.2, 0.25) is 0 Å². The summed E-state index contributed by atoms with van der Waals surface area (Å²) in [5.74, 6) is 1.66. The van der Waals surface area contributed by atoms with Crippen LogP contribution in [-0.4, -0.2) is 37.3 Å². The minimum atomic E-state index is -1.08. The Balaban J connectivity index is 1.64. The molecule has 0 aliphatic carbocycles. The van der Waals surface area contributed by atoms with Gasteiger partial charge in [0.05, 0.1) is 14.2 Å². The molecule has 0 aromatic heterocycles. The highest BCUT2D eigenvalue weighted by Crippen LogP contribution is 2.42. The largest absolute Gasteiger partial charge is 0.497 e. The van der Waals surface area contributed by atoms with E-state index in [2.05, 4.69) is 29.2 Å². The molecule has 3 aromatic rings. The first-order valence-corrected chi connectivity index (χ1v) is 10.4. The highest BCUT2D eigenvalue weighted by Gasteiger charge is 2.43. The zero-order chi connectivity index (χ0) is 21.0. The monoisotopic (exact) mass is 403 g/mol. The average Bonchev–Trinajstić information content (AvgIpc) is 3.28. The van der Waals surface area contributed by atoms with Crippen molar-refractivity contribution in [2.45, 2.75) is 18.6 Å². The molecular formula is C26H29NO3. The van der Waals surface area contributed by atoms with E-state index < -0.39 is 5.60 Å². The van der Waals surface area contributed by atoms with Gasteiger partial charge in [0.1, 0.15) is 17.1 Å². The molecule has 0 amide bonds. The lowest BCUT2D eigenvalue weighted by atomic mass is 9.75. The standard InChI is InChI=1S/C26H29NO3/c1-29-24-12-8-21(9-13-24)26(28,22-10-14-25(30-2)15-11-22)23-16-17-27(19-23)18-20-6-4-3-5-7-20/h3-15,23,28H,16-19H2,1-2H3. The van der Waals surface area contributed by atoms with Gasteiger partial charge in [0, 0.05) is 19.0 Å². The number of hydrogen-bond acceptors (Lipinski definition) is 4. The van der Waals surface area contributed by atoms with Gasteiger partial charge in [0.2, 0.25) is 0 Å². The number of benzene rings is 3. The Morgan fingerprint density at radius 1 is 0.833 bits per heavy atom. The zero-order valence-corrected chi connectivity index (χ0v) is 17.6. The smallest absolute Gasteiger partial charge is 0.119 e. The summed E-state index contributed by atoms with van der Waals surface area (Å²) in [6, 6.07) is 26.1. The molecule has 0 radical (unpaired) electrons. The minimum absolute atomic E-state index is 0.0861. The van der Waals surface area contributed by atoms with Crippen LogP contribution in [0.25, 0.3) is 0 Å². The van der Waals surface area contributed by atoms with Crippen LogP contribution in [-0.2, 0) is 12.1 Å². The molecule has 0 bridgehead atoms. The molecule has 1 aliphatic heterocycles. The van der Waals surface area contributed by atoms with E-state index in [1.54, 1.807) is 14.2 Å². The summed E-state index contributed by atoms with van der Waals surface area (Å²) in [7, 11) is 3.31. The topological polar surface area (TPSA) is 41.9 Å². The number of rotatable bonds is 7. The van der Waals surface area contributed by atoms with Gasteiger partial charge in [-0.2, -0.15) is 0 Å². The molecule has 3 aromatic carbocycles. The lowest BCUT2D eigenvalue weighted by Crippen LogP contribution is -2.38. The minimum Gasteiger partial charge on any atom is -0.497 e. The fourth-order valence-electron chi connectivity index (χ4n) is 4.49. The van der Waals surface area contributed by atoms with Crippen molar-refractivity contribution in [1.82, 2.24) is 4.90 Å². The molecule has 4 heteroatoms. The van der Waals surface area contributed by atoms with Crippen molar-refractivity contribution in [3.05, 3.63) is 95.6 Å². The number of nitrogens with zero attached hydrogens (tertiary/aromatic N) is 1. The quantitative estimate of drug-likeness (QED) is 0.632. The van der Waals surface area contributed by atoms with Gasteiger partial charge in [-0.25, -0.2) is 0 Å². The van der Waals surface area contributed by atoms with Crippen molar-refractivity contribution in [1.29, 1.82) is 0 Å². The molecular weight excluding hydrogens is 374 g/mol. The Bertz CT molecular complexity index is 891. The number of methoxy groups -OCH3 is 2. The number of aliphatic hydroxyl groups is 1. The molecule has 30 heavy (non-hydrogen) atoms. The molecule has 1 fully saturated rings. The van der Waals surface area contributed by atoms with Crippen molar-refractivity contribution in [3.63, 3.8) is 0 Å². The van der Waals surface area contributed by atoms with Crippen LogP contribution in [0.15, 0.2) is 78.9 Å². The SMILES string of the molecule is COc1ccc(C(O)(c2ccc(OC)cc2)C2CCN(Cc3ccccc3)C2)cc1. The van der Waals surface area contributed by atoms with E-state index in [0.29, 0.717) is 0 Å². The Hall–Kier alpha value is -2.82. The van der Waals surface area contributed by atoms with Crippen LogP contribution in [0.5, 0.6) is 11.5 Å². The molecule has 4 rings (SSSR count). The van der Waals surface area contributed by atoms with E-state index >= 15 is 0 Å². The first-order valence-electron chi connectivity index (χ1n) is 10.4. The molecule has 1 heterocycles. The maximum Gasteiger partial charge on any atom is 0.119 e. The molecule has 0 spiro atoms. The van der Waals surface area contributed by atoms with E-state index in [0.717, 1.165) is 48.7 Å². The summed E-state index contributed by atoms with van der Waals surface area (Å²) in [4.78, 5) is 2.43. The first-order chi connectivity index (χ1) is 14.6. The van der Waals surface area contributed by atoms with Crippen LogP contribution in [0.1, 0.15) is 23.1 Å². The third-order valence-electron chi connectivity index (χ3n) is 6.17. The van der Waals surface area contributed by atoms with Gasteiger partial charge in [-0.3, -0.25) is 4.90 Å². The van der Waals surface area contributed by atoms with E-state index in [-0.39, 0.29) is 5.92 Å². The van der Waals surface area contributed by atoms with Gasteiger partial charge in [0.25, 0.3) is 0 Å². The Kier molecular flexibility index (Phi) is 6.07. The van der Waals surface area contributed by atoms with Gasteiger partial charge >= 0.3 is 0 Å². The molecule has 4 nitrogen and oxygen atoms in total. The fraction of sp³-hybridized carbons (Fsp3) is 0.308. The third-order valence-corrected chi connectivity index (χ3v) is 6.17. The van der Waals surface area contributed by atoms with Crippen molar-refractivity contribution >= 4 is 0 Å². The van der Waals surface area contributed by atoms with Crippen molar-refractivity contribution in [2.24, 2.45) is 5.92 Å². The van der Waals surface area contributed by atoms with Gasteiger partial charge in [-0.15, -0.1) is 0 Å². The molecule has 1 aliphatic rings. The zero-order valence-electron chi connectivity index (χ0n) is 17.6. The summed E-state index contributed by atoms with van der Waals surface area (Å²) < 4.78 is 10.6. The summed E-state index contributed by atoms with van der Waals surface area (Å²) in [6.07, 6.45) is 0.932. The lowest BCUT2D eigenvalue weighted by molar-refractivity contribution is 0.0195. The Morgan fingerprint density at radius 3 is 1.87 bits per heavy atom. The van der Waals surface area contributed by atoms with Crippen molar-refractivity contribution in [2.75, 3.05) is 27.3 Å². The normalized spacial score (nSPS) is 17.1. The predicted molar refractivity (Wildman–Crippen MR) is 119 cm³/mol. The first kappa shape index (κ1) is 20.5. The van der Waals surface area contributed by atoms with Crippen LogP contribution in [0.4, 0.5) is 0 Å². The summed E-state index contributed by atoms with van der Waals surface area (Å²) in [5, 5.41) is 12.2. The van der Waals surface area contributed by atoms with Crippen molar-refractivity contribution < 1.29 is 14.6 Å². The Labute approximate surface area is 178 Å². The van der Waals surface area contributed by atoms with Crippen molar-refractivity contribution in [3.8, 4) is 11.5 Å². The maximum absolute atomic E-state index is 12.2. The van der Waals surface area contributed by atoms with E-state index in [9.17, 15) is 5.11 Å². The number of ether oxygens (including phenoxy) is 2. The van der Waals surface area contributed by atoms with Crippen LogP contribution >= 0.6 is 0 Å². The van der Waals surface area contributed by atoms with Gasteiger partial charge in [-0.1, -0.05) is 54.6 Å². The van der Waals surface area contributed by atoms with Crippen LogP contribution < -0.4 is 9.47 Å². The number of likely N-dealkylation sites (tertiary alicyclic amines) is 1. The van der Waals surface area contributed by atoms with E-state index in [1.807, 2.05) is 54.6 Å². The van der Waals surface area contributed by atoms with Crippen LogP contribution in [0.3, 0.4) is 0 Å². The lowest BCUT2D eigenvalue weighted by Gasteiger charge is -2.35. The average molecular weight is 404 g/mol.